The topological polar surface area (TPSA) is 64.3 Å². The molecule has 1 aromatic heterocycles. The number of rotatable bonds is 8. The second kappa shape index (κ2) is 7.22. The number of carboxylic acids is 1. The van der Waals surface area contributed by atoms with Crippen molar-refractivity contribution in [2.45, 2.75) is 39.2 Å². The molecule has 1 aromatic carbocycles. The van der Waals surface area contributed by atoms with Gasteiger partial charge in [0.05, 0.1) is 16.6 Å². The van der Waals surface area contributed by atoms with E-state index in [0.29, 0.717) is 5.56 Å². The van der Waals surface area contributed by atoms with Crippen molar-refractivity contribution in [2.24, 2.45) is 0 Å². The van der Waals surface area contributed by atoms with Gasteiger partial charge in [0, 0.05) is 26.7 Å². The Morgan fingerprint density at radius 1 is 1.38 bits per heavy atom. The molecule has 0 saturated carbocycles. The molecule has 2 rings (SSSR count). The van der Waals surface area contributed by atoms with E-state index in [0.717, 1.165) is 55.7 Å². The van der Waals surface area contributed by atoms with Crippen LogP contribution in [-0.4, -0.2) is 34.3 Å². The van der Waals surface area contributed by atoms with Gasteiger partial charge < -0.3 is 14.4 Å². The van der Waals surface area contributed by atoms with Crippen molar-refractivity contribution in [1.29, 1.82) is 0 Å². The molecule has 0 spiro atoms. The normalized spacial score (nSPS) is 11.1. The molecule has 0 fully saturated rings. The molecular formula is C16H22N2O3. The first kappa shape index (κ1) is 15.5. The number of carboxylic acid groups (broad SMARTS) is 1. The van der Waals surface area contributed by atoms with Crippen LogP contribution in [0, 0.1) is 0 Å². The molecule has 0 aliphatic rings. The van der Waals surface area contributed by atoms with Crippen LogP contribution in [0.25, 0.3) is 11.0 Å². The van der Waals surface area contributed by atoms with Crippen molar-refractivity contribution in [3.05, 3.63) is 29.6 Å². The molecule has 0 aliphatic heterocycles. The van der Waals surface area contributed by atoms with E-state index in [-0.39, 0.29) is 0 Å². The van der Waals surface area contributed by atoms with E-state index >= 15 is 0 Å². The monoisotopic (exact) mass is 290 g/mol. The maximum absolute atomic E-state index is 11.1. The van der Waals surface area contributed by atoms with Gasteiger partial charge in [0.25, 0.3) is 0 Å². The fourth-order valence-electron chi connectivity index (χ4n) is 2.49. The van der Waals surface area contributed by atoms with Crippen LogP contribution in [0.5, 0.6) is 0 Å². The number of imidazole rings is 1. The summed E-state index contributed by atoms with van der Waals surface area (Å²) in [7, 11) is 1.70. The molecule has 0 bridgehead atoms. The highest BCUT2D eigenvalue weighted by atomic mass is 16.5. The SMILES string of the molecule is CCCc1nc2ccc(C(=O)O)cc2n1CCCCOC. The number of carbonyl (C=O) groups is 1. The molecule has 0 aliphatic carbocycles. The summed E-state index contributed by atoms with van der Waals surface area (Å²) in [6.07, 6.45) is 3.90. The summed E-state index contributed by atoms with van der Waals surface area (Å²) in [5.74, 6) is 0.133. The number of nitrogens with zero attached hydrogens (tertiary/aromatic N) is 2. The standard InChI is InChI=1S/C16H22N2O3/c1-3-6-15-17-13-8-7-12(16(19)20)11-14(13)18(15)9-4-5-10-21-2/h7-8,11H,3-6,9-10H2,1-2H3,(H,19,20). The Labute approximate surface area is 124 Å². The van der Waals surface area contributed by atoms with E-state index < -0.39 is 5.97 Å². The lowest BCUT2D eigenvalue weighted by Crippen LogP contribution is -2.05. The minimum Gasteiger partial charge on any atom is -0.478 e. The van der Waals surface area contributed by atoms with Gasteiger partial charge in [-0.05, 0) is 37.5 Å². The van der Waals surface area contributed by atoms with Gasteiger partial charge in [-0.1, -0.05) is 6.92 Å². The summed E-state index contributed by atoms with van der Waals surface area (Å²) < 4.78 is 7.23. The zero-order valence-electron chi connectivity index (χ0n) is 12.6. The van der Waals surface area contributed by atoms with E-state index in [9.17, 15) is 4.79 Å². The average Bonchev–Trinajstić information content (AvgIpc) is 2.81. The number of benzene rings is 1. The highest BCUT2D eigenvalue weighted by molar-refractivity contribution is 5.92. The summed E-state index contributed by atoms with van der Waals surface area (Å²) in [6.45, 7) is 3.71. The van der Waals surface area contributed by atoms with Crippen LogP contribution < -0.4 is 0 Å². The summed E-state index contributed by atoms with van der Waals surface area (Å²) in [6, 6.07) is 5.13. The van der Waals surface area contributed by atoms with Crippen molar-refractivity contribution in [2.75, 3.05) is 13.7 Å². The molecular weight excluding hydrogens is 268 g/mol. The number of methoxy groups -OCH3 is 1. The maximum Gasteiger partial charge on any atom is 0.335 e. The molecule has 0 unspecified atom stereocenters. The molecule has 0 atom stereocenters. The van der Waals surface area contributed by atoms with E-state index in [2.05, 4.69) is 16.5 Å². The lowest BCUT2D eigenvalue weighted by atomic mass is 10.2. The van der Waals surface area contributed by atoms with Gasteiger partial charge in [-0.2, -0.15) is 0 Å². The van der Waals surface area contributed by atoms with Crippen molar-refractivity contribution in [1.82, 2.24) is 9.55 Å². The summed E-state index contributed by atoms with van der Waals surface area (Å²) in [5.41, 5.74) is 2.09. The van der Waals surface area contributed by atoms with E-state index in [4.69, 9.17) is 9.84 Å². The van der Waals surface area contributed by atoms with Gasteiger partial charge in [0.15, 0.2) is 0 Å². The largest absolute Gasteiger partial charge is 0.478 e. The third kappa shape index (κ3) is 3.61. The van der Waals surface area contributed by atoms with Crippen LogP contribution >= 0.6 is 0 Å². The lowest BCUT2D eigenvalue weighted by Gasteiger charge is -2.09. The van der Waals surface area contributed by atoms with Gasteiger partial charge in [-0.25, -0.2) is 9.78 Å². The van der Waals surface area contributed by atoms with Gasteiger partial charge in [-0.15, -0.1) is 0 Å². The molecule has 114 valence electrons. The highest BCUT2D eigenvalue weighted by Crippen LogP contribution is 2.20. The Bertz CT molecular complexity index is 619. The first-order valence-corrected chi connectivity index (χ1v) is 7.38. The smallest absolute Gasteiger partial charge is 0.335 e. The third-order valence-corrected chi connectivity index (χ3v) is 3.53. The van der Waals surface area contributed by atoms with Crippen LogP contribution in [0.3, 0.4) is 0 Å². The Morgan fingerprint density at radius 2 is 2.19 bits per heavy atom. The van der Waals surface area contributed by atoms with Crippen molar-refractivity contribution >= 4 is 17.0 Å². The molecule has 0 saturated heterocycles. The van der Waals surface area contributed by atoms with Crippen LogP contribution in [-0.2, 0) is 17.7 Å². The molecule has 21 heavy (non-hydrogen) atoms. The van der Waals surface area contributed by atoms with E-state index in [1.807, 2.05) is 0 Å². The summed E-state index contributed by atoms with van der Waals surface area (Å²) in [5, 5.41) is 9.15. The molecule has 5 heteroatoms. The molecule has 5 nitrogen and oxygen atoms in total. The first-order valence-electron chi connectivity index (χ1n) is 7.38. The Balaban J connectivity index is 2.34. The number of aromatic carboxylic acids is 1. The van der Waals surface area contributed by atoms with Gasteiger partial charge in [-0.3, -0.25) is 0 Å². The lowest BCUT2D eigenvalue weighted by molar-refractivity contribution is 0.0697. The number of unbranched alkanes of at least 4 members (excludes halogenated alkanes) is 1. The fourth-order valence-corrected chi connectivity index (χ4v) is 2.49. The number of ether oxygens (including phenoxy) is 1. The van der Waals surface area contributed by atoms with Gasteiger partial charge in [0.1, 0.15) is 5.82 Å². The Hall–Kier alpha value is -1.88. The Morgan fingerprint density at radius 3 is 2.86 bits per heavy atom. The Kier molecular flexibility index (Phi) is 5.33. The van der Waals surface area contributed by atoms with Gasteiger partial charge in [0.2, 0.25) is 0 Å². The van der Waals surface area contributed by atoms with Crippen LogP contribution in [0.15, 0.2) is 18.2 Å². The predicted octanol–water partition coefficient (Wildman–Crippen LogP) is 3.11. The van der Waals surface area contributed by atoms with Crippen LogP contribution in [0.2, 0.25) is 0 Å². The minimum absolute atomic E-state index is 0.309. The van der Waals surface area contributed by atoms with Gasteiger partial charge >= 0.3 is 5.97 Å². The summed E-state index contributed by atoms with van der Waals surface area (Å²) >= 11 is 0. The average molecular weight is 290 g/mol. The van der Waals surface area contributed by atoms with E-state index in [1.54, 1.807) is 25.3 Å². The van der Waals surface area contributed by atoms with Crippen molar-refractivity contribution < 1.29 is 14.6 Å². The first-order chi connectivity index (χ1) is 10.2. The minimum atomic E-state index is -0.902. The van der Waals surface area contributed by atoms with Crippen molar-refractivity contribution in [3.8, 4) is 0 Å². The quantitative estimate of drug-likeness (QED) is 0.759. The zero-order valence-corrected chi connectivity index (χ0v) is 12.6. The maximum atomic E-state index is 11.1. The number of aryl methyl sites for hydroxylation is 2. The number of hydrogen-bond donors (Lipinski definition) is 1. The predicted molar refractivity (Wildman–Crippen MR) is 81.8 cm³/mol. The zero-order chi connectivity index (χ0) is 15.2. The fraction of sp³-hybridized carbons (Fsp3) is 0.500. The van der Waals surface area contributed by atoms with Crippen molar-refractivity contribution in [3.63, 3.8) is 0 Å². The summed E-state index contributed by atoms with van der Waals surface area (Å²) in [4.78, 5) is 15.8. The molecule has 0 radical (unpaired) electrons. The molecule has 1 N–H and O–H groups in total. The second-order valence-electron chi connectivity index (χ2n) is 5.14. The van der Waals surface area contributed by atoms with Crippen LogP contribution in [0.1, 0.15) is 42.4 Å². The third-order valence-electron chi connectivity index (χ3n) is 3.53. The number of aromatic nitrogens is 2. The number of hydrogen-bond acceptors (Lipinski definition) is 3. The molecule has 0 amide bonds. The molecule has 2 aromatic rings. The molecule has 1 heterocycles. The van der Waals surface area contributed by atoms with E-state index in [1.165, 1.54) is 0 Å². The second-order valence-corrected chi connectivity index (χ2v) is 5.14. The number of fused-ring (bicyclic) bond motifs is 1. The highest BCUT2D eigenvalue weighted by Gasteiger charge is 2.12. The van der Waals surface area contributed by atoms with Crippen LogP contribution in [0.4, 0.5) is 0 Å².